The summed E-state index contributed by atoms with van der Waals surface area (Å²) in [7, 11) is 1.94. The Morgan fingerprint density at radius 2 is 2.29 bits per heavy atom. The predicted octanol–water partition coefficient (Wildman–Crippen LogP) is 2.04. The molecule has 1 unspecified atom stereocenters. The van der Waals surface area contributed by atoms with Gasteiger partial charge in [0, 0.05) is 19.7 Å². The van der Waals surface area contributed by atoms with E-state index in [1.807, 2.05) is 17.8 Å². The van der Waals surface area contributed by atoms with Crippen molar-refractivity contribution in [3.8, 4) is 0 Å². The first-order chi connectivity index (χ1) is 6.77. The summed E-state index contributed by atoms with van der Waals surface area (Å²) in [5.74, 6) is 0.444. The molecule has 1 fully saturated rings. The molecule has 0 aliphatic heterocycles. The monoisotopic (exact) mass is 192 g/mol. The molecule has 0 spiro atoms. The maximum absolute atomic E-state index is 11.8. The molecule has 0 radical (unpaired) electrons. The van der Waals surface area contributed by atoms with Crippen molar-refractivity contribution in [1.82, 2.24) is 9.55 Å². The molecule has 1 aromatic rings. The first-order valence-electron chi connectivity index (χ1n) is 5.28. The average Bonchev–Trinajstić information content (AvgIpc) is 2.46. The second-order valence-corrected chi connectivity index (χ2v) is 4.08. The van der Waals surface area contributed by atoms with Crippen LogP contribution in [0.4, 0.5) is 0 Å². The highest BCUT2D eigenvalue weighted by molar-refractivity contribution is 5.85. The lowest BCUT2D eigenvalue weighted by Gasteiger charge is -2.08. The second-order valence-electron chi connectivity index (χ2n) is 4.08. The van der Waals surface area contributed by atoms with Crippen LogP contribution in [0.5, 0.6) is 0 Å². The molecular formula is C11H16N2O. The van der Waals surface area contributed by atoms with Crippen molar-refractivity contribution in [1.29, 1.82) is 0 Å². The molecule has 76 valence electrons. The summed E-state index contributed by atoms with van der Waals surface area (Å²) in [5.41, 5.74) is 0.958. The Morgan fingerprint density at radius 1 is 1.43 bits per heavy atom. The summed E-state index contributed by atoms with van der Waals surface area (Å²) in [4.78, 5) is 16.0. The van der Waals surface area contributed by atoms with Gasteiger partial charge in [-0.05, 0) is 12.8 Å². The molecular weight excluding hydrogens is 176 g/mol. The molecule has 1 atom stereocenters. The Bertz CT molecular complexity index is 330. The van der Waals surface area contributed by atoms with Crippen molar-refractivity contribution in [3.05, 3.63) is 18.2 Å². The normalized spacial score (nSPS) is 23.5. The summed E-state index contributed by atoms with van der Waals surface area (Å²) in [6.45, 7) is 0. The van der Waals surface area contributed by atoms with Gasteiger partial charge >= 0.3 is 0 Å². The van der Waals surface area contributed by atoms with E-state index >= 15 is 0 Å². The van der Waals surface area contributed by atoms with Crippen molar-refractivity contribution in [3.63, 3.8) is 0 Å². The molecule has 1 aliphatic carbocycles. The van der Waals surface area contributed by atoms with Crippen molar-refractivity contribution in [2.45, 2.75) is 38.0 Å². The first-order valence-corrected chi connectivity index (χ1v) is 5.28. The van der Waals surface area contributed by atoms with Crippen LogP contribution in [0.2, 0.25) is 0 Å². The lowest BCUT2D eigenvalue weighted by molar-refractivity contribution is -0.120. The SMILES string of the molecule is Cn1cnc(C2CCCCCC2=O)c1. The van der Waals surface area contributed by atoms with E-state index in [-0.39, 0.29) is 5.92 Å². The number of carbonyl (C=O) groups is 1. The fourth-order valence-corrected chi connectivity index (χ4v) is 2.09. The molecule has 1 heterocycles. The van der Waals surface area contributed by atoms with Gasteiger partial charge in [0.25, 0.3) is 0 Å². The largest absolute Gasteiger partial charge is 0.340 e. The highest BCUT2D eigenvalue weighted by Gasteiger charge is 2.23. The molecule has 1 saturated carbocycles. The van der Waals surface area contributed by atoms with Gasteiger partial charge in [0.15, 0.2) is 0 Å². The summed E-state index contributed by atoms with van der Waals surface area (Å²) in [6, 6.07) is 0. The Kier molecular flexibility index (Phi) is 2.66. The molecule has 0 saturated heterocycles. The molecule has 0 aromatic carbocycles. The minimum atomic E-state index is 0.0682. The van der Waals surface area contributed by atoms with Gasteiger partial charge < -0.3 is 4.57 Å². The van der Waals surface area contributed by atoms with Crippen LogP contribution in [0, 0.1) is 0 Å². The molecule has 1 aliphatic rings. The quantitative estimate of drug-likeness (QED) is 0.638. The highest BCUT2D eigenvalue weighted by atomic mass is 16.1. The van der Waals surface area contributed by atoms with Gasteiger partial charge in [0.05, 0.1) is 17.9 Å². The van der Waals surface area contributed by atoms with Gasteiger partial charge in [-0.25, -0.2) is 4.98 Å². The van der Waals surface area contributed by atoms with E-state index in [1.54, 1.807) is 6.33 Å². The van der Waals surface area contributed by atoms with Crippen molar-refractivity contribution in [2.24, 2.45) is 7.05 Å². The molecule has 1 aromatic heterocycles. The van der Waals surface area contributed by atoms with Crippen LogP contribution < -0.4 is 0 Å². The third-order valence-corrected chi connectivity index (χ3v) is 2.89. The molecule has 3 nitrogen and oxygen atoms in total. The van der Waals surface area contributed by atoms with E-state index in [0.29, 0.717) is 5.78 Å². The van der Waals surface area contributed by atoms with Crippen LogP contribution in [0.25, 0.3) is 0 Å². The third kappa shape index (κ3) is 1.86. The summed E-state index contributed by atoms with van der Waals surface area (Å²) >= 11 is 0. The molecule has 14 heavy (non-hydrogen) atoms. The predicted molar refractivity (Wildman–Crippen MR) is 54.0 cm³/mol. The van der Waals surface area contributed by atoms with Crippen molar-refractivity contribution in [2.75, 3.05) is 0 Å². The fourth-order valence-electron chi connectivity index (χ4n) is 2.09. The lowest BCUT2D eigenvalue weighted by Crippen LogP contribution is -2.10. The Morgan fingerprint density at radius 3 is 3.00 bits per heavy atom. The van der Waals surface area contributed by atoms with Gasteiger partial charge in [-0.2, -0.15) is 0 Å². The number of nitrogens with zero attached hydrogens (tertiary/aromatic N) is 2. The lowest BCUT2D eigenvalue weighted by atomic mass is 9.96. The van der Waals surface area contributed by atoms with Crippen LogP contribution >= 0.6 is 0 Å². The van der Waals surface area contributed by atoms with Gasteiger partial charge in [-0.15, -0.1) is 0 Å². The maximum Gasteiger partial charge on any atom is 0.141 e. The van der Waals surface area contributed by atoms with E-state index < -0.39 is 0 Å². The van der Waals surface area contributed by atoms with E-state index in [9.17, 15) is 4.79 Å². The van der Waals surface area contributed by atoms with E-state index in [1.165, 1.54) is 6.42 Å². The standard InChI is InChI=1S/C11H16N2O/c1-13-7-10(12-8-13)9-5-3-2-4-6-11(9)14/h7-9H,2-6H2,1H3. The van der Waals surface area contributed by atoms with E-state index in [0.717, 1.165) is 31.4 Å². The van der Waals surface area contributed by atoms with Crippen molar-refractivity contribution >= 4 is 5.78 Å². The topological polar surface area (TPSA) is 34.9 Å². The summed E-state index contributed by atoms with van der Waals surface area (Å²) < 4.78 is 1.91. The van der Waals surface area contributed by atoms with Gasteiger partial charge in [-0.1, -0.05) is 12.8 Å². The Labute approximate surface area is 84.1 Å². The number of rotatable bonds is 1. The molecule has 0 bridgehead atoms. The van der Waals surface area contributed by atoms with Crippen molar-refractivity contribution < 1.29 is 4.79 Å². The second kappa shape index (κ2) is 3.95. The molecule has 3 heteroatoms. The zero-order valence-corrected chi connectivity index (χ0v) is 8.57. The molecule has 0 amide bonds. The maximum atomic E-state index is 11.8. The minimum absolute atomic E-state index is 0.0682. The average molecular weight is 192 g/mol. The minimum Gasteiger partial charge on any atom is -0.340 e. The number of hydrogen-bond donors (Lipinski definition) is 0. The molecule has 2 rings (SSSR count). The first kappa shape index (κ1) is 9.44. The van der Waals surface area contributed by atoms with E-state index in [2.05, 4.69) is 4.98 Å². The number of aryl methyl sites for hydroxylation is 1. The summed E-state index contributed by atoms with van der Waals surface area (Å²) in [5, 5.41) is 0. The summed E-state index contributed by atoms with van der Waals surface area (Å²) in [6.07, 6.45) is 8.86. The Hall–Kier alpha value is -1.12. The number of ketones is 1. The Balaban J connectivity index is 2.18. The molecule has 0 N–H and O–H groups in total. The number of imidazole rings is 1. The number of aromatic nitrogens is 2. The van der Waals surface area contributed by atoms with Crippen LogP contribution in [0.15, 0.2) is 12.5 Å². The third-order valence-electron chi connectivity index (χ3n) is 2.89. The number of carbonyl (C=O) groups excluding carboxylic acids is 1. The van der Waals surface area contributed by atoms with Gasteiger partial charge in [-0.3, -0.25) is 4.79 Å². The smallest absolute Gasteiger partial charge is 0.141 e. The van der Waals surface area contributed by atoms with Gasteiger partial charge in [0.2, 0.25) is 0 Å². The van der Waals surface area contributed by atoms with E-state index in [4.69, 9.17) is 0 Å². The van der Waals surface area contributed by atoms with Crippen LogP contribution in [-0.4, -0.2) is 15.3 Å². The zero-order chi connectivity index (χ0) is 9.97. The van der Waals surface area contributed by atoms with Crippen LogP contribution in [-0.2, 0) is 11.8 Å². The highest BCUT2D eigenvalue weighted by Crippen LogP contribution is 2.27. The zero-order valence-electron chi connectivity index (χ0n) is 8.57. The number of hydrogen-bond acceptors (Lipinski definition) is 2. The number of Topliss-reactive ketones (excluding diaryl/α,β-unsaturated/α-hetero) is 1. The fraction of sp³-hybridized carbons (Fsp3) is 0.636. The van der Waals surface area contributed by atoms with Gasteiger partial charge in [0.1, 0.15) is 5.78 Å². The van der Waals surface area contributed by atoms with Crippen LogP contribution in [0.3, 0.4) is 0 Å². The van der Waals surface area contributed by atoms with Crippen LogP contribution in [0.1, 0.15) is 43.7 Å².